The predicted octanol–water partition coefficient (Wildman–Crippen LogP) is 0.960. The molecule has 0 aliphatic carbocycles. The van der Waals surface area contributed by atoms with Crippen LogP contribution in [0.25, 0.3) is 0 Å². The molecule has 0 radical (unpaired) electrons. The van der Waals surface area contributed by atoms with Gasteiger partial charge in [0.1, 0.15) is 7.11 Å². The van der Waals surface area contributed by atoms with Crippen LogP contribution in [0, 0.1) is 0 Å². The zero-order valence-electron chi connectivity index (χ0n) is 7.93. The minimum Gasteiger partial charge on any atom is -0.399 e. The Kier molecular flexibility index (Phi) is 3.67. The third kappa shape index (κ3) is 2.58. The first kappa shape index (κ1) is 10.2. The summed E-state index contributed by atoms with van der Waals surface area (Å²) in [4.78, 5) is 15.5. The molecular weight excluding hydrogens is 180 g/mol. The zero-order chi connectivity index (χ0) is 10.4. The SMILES string of the molecule is CON=CCc1ccccc1C(N)=O. The zero-order valence-corrected chi connectivity index (χ0v) is 7.93. The standard InChI is InChI=1S/C10H12N2O2/c1-14-12-7-6-8-4-2-3-5-9(8)10(11)13/h2-5,7H,6H2,1H3,(H2,11,13). The second-order valence-electron chi connectivity index (χ2n) is 2.70. The van der Waals surface area contributed by atoms with Crippen molar-refractivity contribution in [1.82, 2.24) is 0 Å². The van der Waals surface area contributed by atoms with Crippen molar-refractivity contribution in [3.8, 4) is 0 Å². The van der Waals surface area contributed by atoms with Gasteiger partial charge in [-0.25, -0.2) is 0 Å². The molecule has 0 aliphatic heterocycles. The Balaban J connectivity index is 2.84. The van der Waals surface area contributed by atoms with Gasteiger partial charge in [-0.1, -0.05) is 23.4 Å². The van der Waals surface area contributed by atoms with Crippen LogP contribution in [-0.2, 0) is 11.3 Å². The maximum absolute atomic E-state index is 11.0. The van der Waals surface area contributed by atoms with Gasteiger partial charge in [0.05, 0.1) is 0 Å². The molecule has 1 amide bonds. The molecule has 0 aliphatic rings. The van der Waals surface area contributed by atoms with Gasteiger partial charge in [-0.3, -0.25) is 4.79 Å². The van der Waals surface area contributed by atoms with Gasteiger partial charge in [-0.05, 0) is 11.6 Å². The lowest BCUT2D eigenvalue weighted by Crippen LogP contribution is -2.13. The lowest BCUT2D eigenvalue weighted by Gasteiger charge is -2.02. The fraction of sp³-hybridized carbons (Fsp3) is 0.200. The molecule has 2 N–H and O–H groups in total. The molecule has 1 aromatic carbocycles. The first-order valence-corrected chi connectivity index (χ1v) is 4.18. The number of rotatable bonds is 4. The molecule has 4 heteroatoms. The van der Waals surface area contributed by atoms with Crippen LogP contribution < -0.4 is 5.73 Å². The smallest absolute Gasteiger partial charge is 0.248 e. The highest BCUT2D eigenvalue weighted by atomic mass is 16.6. The van der Waals surface area contributed by atoms with Gasteiger partial charge in [0.25, 0.3) is 0 Å². The number of amides is 1. The van der Waals surface area contributed by atoms with Crippen LogP contribution in [0.5, 0.6) is 0 Å². The van der Waals surface area contributed by atoms with Crippen molar-refractivity contribution in [2.45, 2.75) is 6.42 Å². The molecule has 0 atom stereocenters. The summed E-state index contributed by atoms with van der Waals surface area (Å²) in [6.45, 7) is 0. The van der Waals surface area contributed by atoms with Crippen molar-refractivity contribution in [2.75, 3.05) is 7.11 Å². The van der Waals surface area contributed by atoms with E-state index < -0.39 is 5.91 Å². The Morgan fingerprint density at radius 2 is 2.29 bits per heavy atom. The van der Waals surface area contributed by atoms with Crippen LogP contribution in [0.3, 0.4) is 0 Å². The van der Waals surface area contributed by atoms with Crippen LogP contribution in [0.15, 0.2) is 29.4 Å². The number of primary amides is 1. The molecular formula is C10H12N2O2. The summed E-state index contributed by atoms with van der Waals surface area (Å²) in [5.41, 5.74) is 6.58. The first-order chi connectivity index (χ1) is 6.75. The van der Waals surface area contributed by atoms with Gasteiger partial charge in [0, 0.05) is 18.2 Å². The van der Waals surface area contributed by atoms with E-state index in [1.54, 1.807) is 18.3 Å². The van der Waals surface area contributed by atoms with Crippen molar-refractivity contribution >= 4 is 12.1 Å². The Morgan fingerprint density at radius 1 is 1.57 bits per heavy atom. The van der Waals surface area contributed by atoms with E-state index in [0.717, 1.165) is 5.56 Å². The van der Waals surface area contributed by atoms with E-state index in [-0.39, 0.29) is 0 Å². The Hall–Kier alpha value is -1.84. The Labute approximate surface area is 82.4 Å². The molecule has 0 spiro atoms. The predicted molar refractivity (Wildman–Crippen MR) is 54.2 cm³/mol. The summed E-state index contributed by atoms with van der Waals surface area (Å²) in [6, 6.07) is 7.15. The van der Waals surface area contributed by atoms with Crippen molar-refractivity contribution < 1.29 is 9.63 Å². The summed E-state index contributed by atoms with van der Waals surface area (Å²) < 4.78 is 0. The largest absolute Gasteiger partial charge is 0.399 e. The van der Waals surface area contributed by atoms with Crippen LogP contribution in [-0.4, -0.2) is 19.2 Å². The van der Waals surface area contributed by atoms with Gasteiger partial charge >= 0.3 is 0 Å². The fourth-order valence-corrected chi connectivity index (χ4v) is 1.15. The van der Waals surface area contributed by atoms with Gasteiger partial charge in [-0.2, -0.15) is 0 Å². The van der Waals surface area contributed by atoms with E-state index in [1.807, 2.05) is 12.1 Å². The number of benzene rings is 1. The summed E-state index contributed by atoms with van der Waals surface area (Å²) in [5.74, 6) is -0.425. The average Bonchev–Trinajstić information content (AvgIpc) is 2.19. The molecule has 0 bridgehead atoms. The molecule has 1 rings (SSSR count). The highest BCUT2D eigenvalue weighted by Gasteiger charge is 2.04. The molecule has 0 unspecified atom stereocenters. The van der Waals surface area contributed by atoms with Crippen LogP contribution in [0.4, 0.5) is 0 Å². The van der Waals surface area contributed by atoms with Gasteiger partial charge in [0.2, 0.25) is 5.91 Å². The average molecular weight is 192 g/mol. The van der Waals surface area contributed by atoms with Crippen LogP contribution in [0.1, 0.15) is 15.9 Å². The first-order valence-electron chi connectivity index (χ1n) is 4.18. The third-order valence-electron chi connectivity index (χ3n) is 1.77. The molecule has 0 saturated carbocycles. The molecule has 0 heterocycles. The van der Waals surface area contributed by atoms with E-state index in [1.165, 1.54) is 7.11 Å². The second kappa shape index (κ2) is 5.01. The van der Waals surface area contributed by atoms with E-state index in [0.29, 0.717) is 12.0 Å². The fourth-order valence-electron chi connectivity index (χ4n) is 1.15. The number of carbonyl (C=O) groups is 1. The number of hydrogen-bond acceptors (Lipinski definition) is 3. The number of nitrogens with zero attached hydrogens (tertiary/aromatic N) is 1. The highest BCUT2D eigenvalue weighted by molar-refractivity contribution is 5.95. The molecule has 74 valence electrons. The minimum absolute atomic E-state index is 0.425. The summed E-state index contributed by atoms with van der Waals surface area (Å²) >= 11 is 0. The number of nitrogens with two attached hydrogens (primary N) is 1. The molecule has 0 fully saturated rings. The van der Waals surface area contributed by atoms with E-state index in [2.05, 4.69) is 9.99 Å². The topological polar surface area (TPSA) is 64.7 Å². The quantitative estimate of drug-likeness (QED) is 0.570. The third-order valence-corrected chi connectivity index (χ3v) is 1.77. The molecule has 1 aromatic rings. The molecule has 4 nitrogen and oxygen atoms in total. The molecule has 0 saturated heterocycles. The van der Waals surface area contributed by atoms with Crippen LogP contribution in [0.2, 0.25) is 0 Å². The summed E-state index contributed by atoms with van der Waals surface area (Å²) in [6.07, 6.45) is 2.12. The van der Waals surface area contributed by atoms with Crippen molar-refractivity contribution in [3.05, 3.63) is 35.4 Å². The Morgan fingerprint density at radius 3 is 2.93 bits per heavy atom. The summed E-state index contributed by atoms with van der Waals surface area (Å²) in [5, 5.41) is 3.59. The van der Waals surface area contributed by atoms with Crippen molar-refractivity contribution in [2.24, 2.45) is 10.9 Å². The lowest BCUT2D eigenvalue weighted by atomic mass is 10.1. The normalized spacial score (nSPS) is 10.4. The van der Waals surface area contributed by atoms with Crippen molar-refractivity contribution in [1.29, 1.82) is 0 Å². The van der Waals surface area contributed by atoms with Gasteiger partial charge in [0.15, 0.2) is 0 Å². The molecule has 14 heavy (non-hydrogen) atoms. The van der Waals surface area contributed by atoms with Crippen LogP contribution >= 0.6 is 0 Å². The molecule has 0 aromatic heterocycles. The van der Waals surface area contributed by atoms with E-state index in [9.17, 15) is 4.79 Å². The van der Waals surface area contributed by atoms with Crippen molar-refractivity contribution in [3.63, 3.8) is 0 Å². The van der Waals surface area contributed by atoms with E-state index >= 15 is 0 Å². The maximum atomic E-state index is 11.0. The second-order valence-corrected chi connectivity index (χ2v) is 2.70. The summed E-state index contributed by atoms with van der Waals surface area (Å²) in [7, 11) is 1.47. The number of oxime groups is 1. The Bertz CT molecular complexity index is 348. The number of carbonyl (C=O) groups excluding carboxylic acids is 1. The van der Waals surface area contributed by atoms with Gasteiger partial charge < -0.3 is 10.6 Å². The highest BCUT2D eigenvalue weighted by Crippen LogP contribution is 2.07. The monoisotopic (exact) mass is 192 g/mol. The number of hydrogen-bond donors (Lipinski definition) is 1. The lowest BCUT2D eigenvalue weighted by molar-refractivity contribution is 0.0999. The maximum Gasteiger partial charge on any atom is 0.248 e. The van der Waals surface area contributed by atoms with Gasteiger partial charge in [-0.15, -0.1) is 0 Å². The minimum atomic E-state index is -0.425. The van der Waals surface area contributed by atoms with E-state index in [4.69, 9.17) is 5.73 Å².